The molecule has 0 aliphatic heterocycles. The molecular formula is C34H50O8S. The first-order valence-electron chi connectivity index (χ1n) is 14.9. The minimum Gasteiger partial charge on any atom is -0.507 e. The van der Waals surface area contributed by atoms with Crippen molar-refractivity contribution in [1.82, 2.24) is 0 Å². The highest BCUT2D eigenvalue weighted by Gasteiger charge is 2.27. The smallest absolute Gasteiger partial charge is 0.307 e. The van der Waals surface area contributed by atoms with Crippen LogP contribution in [0.15, 0.2) is 12.1 Å². The number of carbonyl (C=O) groups is 2. The molecule has 0 radical (unpaired) electrons. The first-order valence-corrected chi connectivity index (χ1v) is 16.8. The summed E-state index contributed by atoms with van der Waals surface area (Å²) in [7, 11) is -3.72. The fraction of sp³-hybridized carbons (Fsp3) is 0.588. The van der Waals surface area contributed by atoms with E-state index in [1.165, 1.54) is 0 Å². The van der Waals surface area contributed by atoms with Gasteiger partial charge in [-0.05, 0) is 84.7 Å². The number of hydrogen-bond acceptors (Lipinski definition) is 8. The second-order valence-corrected chi connectivity index (χ2v) is 15.1. The molecule has 0 aliphatic rings. The molecule has 0 aromatic heterocycles. The van der Waals surface area contributed by atoms with Gasteiger partial charge < -0.3 is 19.7 Å². The summed E-state index contributed by atoms with van der Waals surface area (Å²) >= 11 is 0. The number of ether oxygens (including phenoxy) is 2. The molecular weight excluding hydrogens is 568 g/mol. The number of sulfone groups is 1. The summed E-state index contributed by atoms with van der Waals surface area (Å²) in [4.78, 5) is 24.8. The van der Waals surface area contributed by atoms with Crippen molar-refractivity contribution in [2.45, 2.75) is 119 Å². The van der Waals surface area contributed by atoms with E-state index in [0.717, 1.165) is 35.1 Å². The van der Waals surface area contributed by atoms with Gasteiger partial charge >= 0.3 is 11.9 Å². The molecule has 0 fully saturated rings. The van der Waals surface area contributed by atoms with E-state index in [9.17, 15) is 28.2 Å². The molecule has 240 valence electrons. The van der Waals surface area contributed by atoms with Crippen LogP contribution in [0.2, 0.25) is 0 Å². The second-order valence-electron chi connectivity index (χ2n) is 12.8. The van der Waals surface area contributed by atoms with Crippen LogP contribution >= 0.6 is 0 Å². The first-order chi connectivity index (χ1) is 19.8. The van der Waals surface area contributed by atoms with Gasteiger partial charge in [-0.3, -0.25) is 9.59 Å². The molecule has 2 rings (SSSR count). The molecule has 0 aliphatic carbocycles. The summed E-state index contributed by atoms with van der Waals surface area (Å²) < 4.78 is 35.8. The molecule has 0 bridgehead atoms. The van der Waals surface area contributed by atoms with Crippen molar-refractivity contribution in [3.63, 3.8) is 0 Å². The van der Waals surface area contributed by atoms with E-state index in [1.807, 2.05) is 26.0 Å². The van der Waals surface area contributed by atoms with Gasteiger partial charge in [0.05, 0.1) is 24.3 Å². The molecule has 2 aromatic carbocycles. The van der Waals surface area contributed by atoms with Crippen LogP contribution in [0.1, 0.15) is 112 Å². The number of rotatable bonds is 14. The maximum Gasteiger partial charge on any atom is 0.307 e. The number of benzene rings is 2. The number of phenolic OH excluding ortho intramolecular Hbond substituents is 2. The molecule has 0 unspecified atom stereocenters. The predicted octanol–water partition coefficient (Wildman–Crippen LogP) is 6.69. The van der Waals surface area contributed by atoms with E-state index in [4.69, 9.17) is 9.47 Å². The molecule has 9 heteroatoms. The fourth-order valence-corrected chi connectivity index (χ4v) is 6.07. The van der Waals surface area contributed by atoms with Crippen LogP contribution in [-0.2, 0) is 52.9 Å². The Balaban J connectivity index is 1.91. The molecule has 0 atom stereocenters. The van der Waals surface area contributed by atoms with E-state index in [1.54, 1.807) is 13.8 Å². The van der Waals surface area contributed by atoms with Crippen LogP contribution < -0.4 is 0 Å². The van der Waals surface area contributed by atoms with Gasteiger partial charge in [0.15, 0.2) is 9.84 Å². The number of carbonyl (C=O) groups excluding carboxylic acids is 2. The Kier molecular flexibility index (Phi) is 11.9. The average molecular weight is 619 g/mol. The van der Waals surface area contributed by atoms with Crippen molar-refractivity contribution in [2.75, 3.05) is 11.5 Å². The van der Waals surface area contributed by atoms with Crippen molar-refractivity contribution in [2.24, 2.45) is 0 Å². The van der Waals surface area contributed by atoms with Crippen molar-refractivity contribution in [1.29, 1.82) is 0 Å². The van der Waals surface area contributed by atoms with Gasteiger partial charge in [-0.25, -0.2) is 8.42 Å². The summed E-state index contributed by atoms with van der Waals surface area (Å²) in [5.74, 6) is -1.90. The van der Waals surface area contributed by atoms with Gasteiger partial charge in [0.2, 0.25) is 0 Å². The largest absolute Gasteiger partial charge is 0.507 e. The van der Waals surface area contributed by atoms with E-state index >= 15 is 0 Å². The molecule has 0 heterocycles. The highest BCUT2D eigenvalue weighted by atomic mass is 32.2. The molecule has 0 amide bonds. The highest BCUT2D eigenvalue weighted by molar-refractivity contribution is 7.91. The molecule has 8 nitrogen and oxygen atoms in total. The van der Waals surface area contributed by atoms with Crippen LogP contribution in [0, 0.1) is 27.7 Å². The van der Waals surface area contributed by atoms with Crippen LogP contribution in [0.4, 0.5) is 0 Å². The van der Waals surface area contributed by atoms with Crippen LogP contribution in [0.5, 0.6) is 11.5 Å². The van der Waals surface area contributed by atoms with E-state index < -0.39 is 33.3 Å². The van der Waals surface area contributed by atoms with Crippen molar-refractivity contribution in [3.05, 3.63) is 56.6 Å². The highest BCUT2D eigenvalue weighted by Crippen LogP contribution is 2.39. The lowest BCUT2D eigenvalue weighted by Crippen LogP contribution is -2.20. The lowest BCUT2D eigenvalue weighted by Gasteiger charge is -2.27. The fourth-order valence-electron chi connectivity index (χ4n) is 4.91. The summed E-state index contributed by atoms with van der Waals surface area (Å²) in [5.41, 5.74) is 5.66. The zero-order valence-corrected chi connectivity index (χ0v) is 28.4. The third kappa shape index (κ3) is 8.97. The Hall–Kier alpha value is -3.07. The predicted molar refractivity (Wildman–Crippen MR) is 169 cm³/mol. The minimum absolute atomic E-state index is 0.0748. The van der Waals surface area contributed by atoms with Crippen LogP contribution in [-0.4, -0.2) is 42.1 Å². The van der Waals surface area contributed by atoms with Gasteiger partial charge in [-0.1, -0.05) is 53.7 Å². The third-order valence-corrected chi connectivity index (χ3v) is 10.7. The van der Waals surface area contributed by atoms with Crippen molar-refractivity contribution in [3.8, 4) is 11.5 Å². The number of esters is 2. The van der Waals surface area contributed by atoms with E-state index in [-0.39, 0.29) is 48.4 Å². The quantitative estimate of drug-likeness (QED) is 0.224. The number of hydrogen-bond donors (Lipinski definition) is 2. The maximum absolute atomic E-state index is 12.5. The Morgan fingerprint density at radius 1 is 0.698 bits per heavy atom. The number of phenols is 2. The van der Waals surface area contributed by atoms with Crippen molar-refractivity contribution >= 4 is 21.8 Å². The lowest BCUT2D eigenvalue weighted by molar-refractivity contribution is -0.145. The normalized spacial score (nSPS) is 12.3. The Bertz CT molecular complexity index is 1350. The van der Waals surface area contributed by atoms with Gasteiger partial charge in [-0.15, -0.1) is 0 Å². The molecule has 2 aromatic rings. The summed E-state index contributed by atoms with van der Waals surface area (Å²) in [5, 5.41) is 21.5. The maximum atomic E-state index is 12.5. The first kappa shape index (κ1) is 36.1. The van der Waals surface area contributed by atoms with Gasteiger partial charge in [-0.2, -0.15) is 0 Å². The van der Waals surface area contributed by atoms with Crippen LogP contribution in [0.3, 0.4) is 0 Å². The Morgan fingerprint density at radius 3 is 1.33 bits per heavy atom. The molecule has 0 saturated heterocycles. The second kappa shape index (κ2) is 14.1. The SMILES string of the molecule is CCC(C)(C)c1cc(C)c(COC(=O)CCS(=O)(=O)CCC(=O)OCc2c(C)cc(C(C)(C)CC)c(O)c2C)c(C)c1O. The lowest BCUT2D eigenvalue weighted by atomic mass is 9.79. The van der Waals surface area contributed by atoms with E-state index in [2.05, 4.69) is 41.5 Å². The average Bonchev–Trinajstić information content (AvgIpc) is 2.94. The number of aromatic hydroxyl groups is 2. The summed E-state index contributed by atoms with van der Waals surface area (Å²) in [6, 6.07) is 3.82. The van der Waals surface area contributed by atoms with Gasteiger partial charge in [0, 0.05) is 11.1 Å². The standard InChI is InChI=1S/C34H50O8S/c1-11-33(7,8)27-17-21(3)25(23(5)31(27)37)19-41-29(35)13-15-43(39,40)16-14-30(36)42-20-26-22(4)18-28(32(38)24(26)6)34(9,10)12-2/h17-18,37-38H,11-16,19-20H2,1-10H3. The number of aryl methyl sites for hydroxylation is 2. The topological polar surface area (TPSA) is 127 Å². The Morgan fingerprint density at radius 2 is 1.02 bits per heavy atom. The zero-order valence-electron chi connectivity index (χ0n) is 27.6. The van der Waals surface area contributed by atoms with Gasteiger partial charge in [0.1, 0.15) is 24.7 Å². The molecule has 0 saturated carbocycles. The Labute approximate surface area is 257 Å². The van der Waals surface area contributed by atoms with Gasteiger partial charge in [0.25, 0.3) is 0 Å². The van der Waals surface area contributed by atoms with Crippen LogP contribution in [0.25, 0.3) is 0 Å². The molecule has 0 spiro atoms. The third-order valence-electron chi connectivity index (χ3n) is 9.02. The zero-order chi connectivity index (χ0) is 32.9. The van der Waals surface area contributed by atoms with Crippen molar-refractivity contribution < 1.29 is 37.7 Å². The molecule has 43 heavy (non-hydrogen) atoms. The molecule has 2 N–H and O–H groups in total. The monoisotopic (exact) mass is 618 g/mol. The summed E-state index contributed by atoms with van der Waals surface area (Å²) in [6.07, 6.45) is 0.992. The van der Waals surface area contributed by atoms with E-state index in [0.29, 0.717) is 22.3 Å². The minimum atomic E-state index is -3.72. The summed E-state index contributed by atoms with van der Waals surface area (Å²) in [6.45, 7) is 19.5.